The zero-order chi connectivity index (χ0) is 21.1. The molecular weight excluding hydrogens is 383 g/mol. The van der Waals surface area contributed by atoms with Crippen molar-refractivity contribution in [2.45, 2.75) is 32.8 Å². The number of hydrogen-bond donors (Lipinski definition) is 2. The molecule has 0 bridgehead atoms. The van der Waals surface area contributed by atoms with Crippen molar-refractivity contribution in [1.82, 2.24) is 10.4 Å². The molecule has 1 aliphatic heterocycles. The normalized spacial score (nSPS) is 15.8. The smallest absolute Gasteiger partial charge is 0.430 e. The molecule has 0 saturated heterocycles. The molecule has 0 atom stereocenters. The maximum absolute atomic E-state index is 14.1. The molecule has 1 aliphatic carbocycles. The Balaban J connectivity index is 1.65. The number of carboxylic acid groups (broad SMARTS) is 1. The first-order chi connectivity index (χ1) is 14.5. The van der Waals surface area contributed by atoms with E-state index in [1.165, 1.54) is 23.9 Å². The minimum absolute atomic E-state index is 0.330. The van der Waals surface area contributed by atoms with Crippen LogP contribution in [0, 0.1) is 12.7 Å². The van der Waals surface area contributed by atoms with E-state index in [-0.39, 0.29) is 5.82 Å². The Morgan fingerprint density at radius 3 is 2.70 bits per heavy atom. The first-order valence-electron chi connectivity index (χ1n) is 9.89. The number of carbonyl (C=O) groups is 1. The van der Waals surface area contributed by atoms with E-state index < -0.39 is 6.09 Å². The quantitative estimate of drug-likeness (QED) is 0.684. The number of allylic oxidation sites excluding steroid dienone is 4. The third-order valence-corrected chi connectivity index (χ3v) is 5.27. The van der Waals surface area contributed by atoms with Crippen molar-refractivity contribution in [2.24, 2.45) is 0 Å². The van der Waals surface area contributed by atoms with Crippen molar-refractivity contribution >= 4 is 11.7 Å². The first kappa shape index (κ1) is 19.8. The second-order valence-corrected chi connectivity index (χ2v) is 7.41. The minimum atomic E-state index is -1.09. The lowest BCUT2D eigenvalue weighted by Crippen LogP contribution is -2.38. The zero-order valence-electron chi connectivity index (χ0n) is 16.7. The topological polar surface area (TPSA) is 61.8 Å². The molecule has 0 radical (unpaired) electrons. The van der Waals surface area contributed by atoms with E-state index >= 15 is 0 Å². The van der Waals surface area contributed by atoms with Crippen LogP contribution in [0.4, 0.5) is 9.18 Å². The SMILES string of the molecule is Cc1ccc(COc2ccc(F)cc2C2=C(C3=CC=CN(C(=O)O)N3)CCC2)cc1. The highest BCUT2D eigenvalue weighted by Gasteiger charge is 2.25. The lowest BCUT2D eigenvalue weighted by molar-refractivity contribution is 0.150. The van der Waals surface area contributed by atoms with E-state index in [4.69, 9.17) is 4.74 Å². The maximum atomic E-state index is 14.1. The van der Waals surface area contributed by atoms with Crippen LogP contribution in [0.3, 0.4) is 0 Å². The van der Waals surface area contributed by atoms with Crippen LogP contribution in [0.15, 0.2) is 72.1 Å². The molecule has 5 nitrogen and oxygen atoms in total. The molecule has 2 aromatic carbocycles. The summed E-state index contributed by atoms with van der Waals surface area (Å²) in [6.07, 6.45) is 6.34. The van der Waals surface area contributed by atoms with Crippen LogP contribution in [0.1, 0.15) is 36.0 Å². The summed E-state index contributed by atoms with van der Waals surface area (Å²) in [4.78, 5) is 11.3. The van der Waals surface area contributed by atoms with Crippen LogP contribution in [-0.2, 0) is 6.61 Å². The molecule has 0 unspecified atom stereocenters. The fraction of sp³-hybridized carbons (Fsp3) is 0.208. The van der Waals surface area contributed by atoms with Gasteiger partial charge in [0.2, 0.25) is 0 Å². The molecule has 0 spiro atoms. The molecule has 1 amide bonds. The average molecular weight is 406 g/mol. The van der Waals surface area contributed by atoms with Gasteiger partial charge < -0.3 is 9.84 Å². The molecule has 6 heteroatoms. The number of benzene rings is 2. The van der Waals surface area contributed by atoms with Crippen molar-refractivity contribution in [3.05, 3.63) is 94.6 Å². The second kappa shape index (κ2) is 8.45. The number of ether oxygens (including phenoxy) is 1. The Hall–Kier alpha value is -3.54. The molecule has 2 N–H and O–H groups in total. The van der Waals surface area contributed by atoms with Gasteiger partial charge in [0, 0.05) is 11.8 Å². The predicted octanol–water partition coefficient (Wildman–Crippen LogP) is 5.55. The Morgan fingerprint density at radius 2 is 1.93 bits per heavy atom. The molecule has 0 fully saturated rings. The number of hydrazine groups is 1. The molecule has 30 heavy (non-hydrogen) atoms. The summed E-state index contributed by atoms with van der Waals surface area (Å²) in [6, 6.07) is 12.7. The van der Waals surface area contributed by atoms with Gasteiger partial charge in [-0.3, -0.25) is 5.43 Å². The number of halogens is 1. The molecule has 0 aromatic heterocycles. The number of aryl methyl sites for hydroxylation is 1. The van der Waals surface area contributed by atoms with Gasteiger partial charge in [0.1, 0.15) is 18.2 Å². The summed E-state index contributed by atoms with van der Waals surface area (Å²) < 4.78 is 20.2. The monoisotopic (exact) mass is 406 g/mol. The number of nitrogens with one attached hydrogen (secondary N) is 1. The van der Waals surface area contributed by atoms with Crippen molar-refractivity contribution < 1.29 is 19.0 Å². The van der Waals surface area contributed by atoms with E-state index in [0.717, 1.165) is 41.0 Å². The number of amides is 1. The van der Waals surface area contributed by atoms with Crippen LogP contribution >= 0.6 is 0 Å². The minimum Gasteiger partial charge on any atom is -0.488 e. The van der Waals surface area contributed by atoms with Crippen LogP contribution in [0.2, 0.25) is 0 Å². The molecule has 154 valence electrons. The second-order valence-electron chi connectivity index (χ2n) is 7.41. The molecule has 0 saturated carbocycles. The molecule has 4 rings (SSSR count). The van der Waals surface area contributed by atoms with E-state index in [1.807, 2.05) is 37.3 Å². The highest BCUT2D eigenvalue weighted by molar-refractivity contribution is 5.78. The number of hydrogen-bond acceptors (Lipinski definition) is 3. The third-order valence-electron chi connectivity index (χ3n) is 5.27. The van der Waals surface area contributed by atoms with Crippen LogP contribution < -0.4 is 10.2 Å². The van der Waals surface area contributed by atoms with Gasteiger partial charge in [-0.05, 0) is 73.2 Å². The Labute approximate surface area is 174 Å². The zero-order valence-corrected chi connectivity index (χ0v) is 16.7. The van der Waals surface area contributed by atoms with Gasteiger partial charge in [-0.25, -0.2) is 9.18 Å². The van der Waals surface area contributed by atoms with Gasteiger partial charge in [-0.15, -0.1) is 0 Å². The van der Waals surface area contributed by atoms with Crippen LogP contribution in [0.5, 0.6) is 5.75 Å². The lowest BCUT2D eigenvalue weighted by Gasteiger charge is -2.24. The largest absolute Gasteiger partial charge is 0.488 e. The fourth-order valence-electron chi connectivity index (χ4n) is 3.76. The summed E-state index contributed by atoms with van der Waals surface area (Å²) in [5.41, 5.74) is 8.51. The predicted molar refractivity (Wildman–Crippen MR) is 113 cm³/mol. The van der Waals surface area contributed by atoms with Crippen molar-refractivity contribution in [1.29, 1.82) is 0 Å². The highest BCUT2D eigenvalue weighted by Crippen LogP contribution is 2.41. The summed E-state index contributed by atoms with van der Waals surface area (Å²) in [7, 11) is 0. The van der Waals surface area contributed by atoms with Gasteiger partial charge >= 0.3 is 6.09 Å². The molecule has 2 aliphatic rings. The Kier molecular flexibility index (Phi) is 5.57. The fourth-order valence-corrected chi connectivity index (χ4v) is 3.76. The van der Waals surface area contributed by atoms with Gasteiger partial charge in [0.05, 0.1) is 5.70 Å². The third kappa shape index (κ3) is 4.22. The van der Waals surface area contributed by atoms with E-state index in [2.05, 4.69) is 5.43 Å². The average Bonchev–Trinajstić information content (AvgIpc) is 3.24. The van der Waals surface area contributed by atoms with Crippen molar-refractivity contribution in [2.75, 3.05) is 0 Å². The van der Waals surface area contributed by atoms with Crippen molar-refractivity contribution in [3.63, 3.8) is 0 Å². The Bertz CT molecular complexity index is 1050. The number of rotatable bonds is 5. The summed E-state index contributed by atoms with van der Waals surface area (Å²) >= 11 is 0. The van der Waals surface area contributed by atoms with Crippen LogP contribution in [-0.4, -0.2) is 16.2 Å². The summed E-state index contributed by atoms with van der Waals surface area (Å²) in [6.45, 7) is 2.42. The molecule has 2 aromatic rings. The van der Waals surface area contributed by atoms with E-state index in [9.17, 15) is 14.3 Å². The van der Waals surface area contributed by atoms with E-state index in [1.54, 1.807) is 12.1 Å². The number of nitrogens with zero attached hydrogens (tertiary/aromatic N) is 1. The summed E-state index contributed by atoms with van der Waals surface area (Å²) in [5, 5.41) is 10.3. The van der Waals surface area contributed by atoms with Gasteiger partial charge in [0.15, 0.2) is 0 Å². The highest BCUT2D eigenvalue weighted by atomic mass is 19.1. The molecular formula is C24H23FN2O3. The molecule has 1 heterocycles. The van der Waals surface area contributed by atoms with Gasteiger partial charge in [-0.1, -0.05) is 29.8 Å². The first-order valence-corrected chi connectivity index (χ1v) is 9.89. The lowest BCUT2D eigenvalue weighted by atomic mass is 9.98. The van der Waals surface area contributed by atoms with Crippen LogP contribution in [0.25, 0.3) is 5.57 Å². The summed E-state index contributed by atoms with van der Waals surface area (Å²) in [5.74, 6) is 0.289. The Morgan fingerprint density at radius 1 is 1.17 bits per heavy atom. The van der Waals surface area contributed by atoms with Gasteiger partial charge in [-0.2, -0.15) is 5.01 Å². The standard InChI is InChI=1S/C24H23FN2O3/c1-16-7-9-17(10-8-16)15-30-23-12-11-18(25)14-21(23)19-4-2-5-20(19)22-6-3-13-27(26-22)24(28)29/h3,6-14,26H,2,4-5,15H2,1H3,(H,28,29). The maximum Gasteiger partial charge on any atom is 0.430 e. The van der Waals surface area contributed by atoms with Crippen molar-refractivity contribution in [3.8, 4) is 5.75 Å². The van der Waals surface area contributed by atoms with Gasteiger partial charge in [0.25, 0.3) is 0 Å². The van der Waals surface area contributed by atoms with E-state index in [0.29, 0.717) is 23.6 Å².